The molecule has 0 aliphatic heterocycles. The number of aromatic carboxylic acids is 1. The first-order chi connectivity index (χ1) is 10.5. The summed E-state index contributed by atoms with van der Waals surface area (Å²) in [5.74, 6) is 2.86. The van der Waals surface area contributed by atoms with Gasteiger partial charge in [0.2, 0.25) is 0 Å². The van der Waals surface area contributed by atoms with Gasteiger partial charge in [-0.05, 0) is 78.9 Å². The van der Waals surface area contributed by atoms with Gasteiger partial charge in [-0.15, -0.1) is 0 Å². The van der Waals surface area contributed by atoms with Gasteiger partial charge in [-0.3, -0.25) is 0 Å². The van der Waals surface area contributed by atoms with E-state index in [9.17, 15) is 4.79 Å². The van der Waals surface area contributed by atoms with Crippen LogP contribution in [0.4, 0.5) is 0 Å². The molecule has 4 bridgehead atoms. The number of carboxylic acid groups (broad SMARTS) is 1. The molecule has 1 N–H and O–H groups in total. The third-order valence-electron chi connectivity index (χ3n) is 6.69. The zero-order valence-electron chi connectivity index (χ0n) is 13.2. The van der Waals surface area contributed by atoms with Crippen LogP contribution in [0.2, 0.25) is 0 Å². The highest BCUT2D eigenvalue weighted by Gasteiger charge is 2.53. The molecule has 1 aromatic carbocycles. The van der Waals surface area contributed by atoms with Crippen LogP contribution in [0.15, 0.2) is 30.3 Å². The Labute approximate surface area is 132 Å². The van der Waals surface area contributed by atoms with Gasteiger partial charge in [0, 0.05) is 0 Å². The van der Waals surface area contributed by atoms with Crippen molar-refractivity contribution in [3.8, 4) is 0 Å². The van der Waals surface area contributed by atoms with E-state index in [2.05, 4.69) is 19.1 Å². The van der Waals surface area contributed by atoms with Crippen molar-refractivity contribution in [2.45, 2.75) is 39.0 Å². The van der Waals surface area contributed by atoms with Crippen molar-refractivity contribution in [3.05, 3.63) is 41.5 Å². The van der Waals surface area contributed by atoms with Gasteiger partial charge in [-0.1, -0.05) is 31.2 Å². The van der Waals surface area contributed by atoms with Crippen molar-refractivity contribution >= 4 is 12.0 Å². The van der Waals surface area contributed by atoms with Gasteiger partial charge in [0.1, 0.15) is 0 Å². The molecule has 2 nitrogen and oxygen atoms in total. The largest absolute Gasteiger partial charge is 0.478 e. The van der Waals surface area contributed by atoms with Gasteiger partial charge in [-0.25, -0.2) is 4.79 Å². The van der Waals surface area contributed by atoms with E-state index >= 15 is 0 Å². The summed E-state index contributed by atoms with van der Waals surface area (Å²) >= 11 is 0. The van der Waals surface area contributed by atoms with Crippen LogP contribution in [0, 0.1) is 29.1 Å². The molecule has 0 heterocycles. The van der Waals surface area contributed by atoms with Gasteiger partial charge in [-0.2, -0.15) is 0 Å². The number of hydrogen-bond acceptors (Lipinski definition) is 1. The molecule has 116 valence electrons. The average molecular weight is 296 g/mol. The van der Waals surface area contributed by atoms with Crippen LogP contribution in [0.5, 0.6) is 0 Å². The summed E-state index contributed by atoms with van der Waals surface area (Å²) in [7, 11) is 0. The molecule has 0 radical (unpaired) electrons. The Balaban J connectivity index is 1.55. The number of carboxylic acids is 1. The summed E-state index contributed by atoms with van der Waals surface area (Å²) in [4.78, 5) is 10.9. The minimum absolute atomic E-state index is 0.346. The molecule has 4 fully saturated rings. The third-order valence-corrected chi connectivity index (χ3v) is 6.69. The van der Waals surface area contributed by atoms with Crippen LogP contribution in [0.25, 0.3) is 6.08 Å². The minimum atomic E-state index is -0.858. The van der Waals surface area contributed by atoms with E-state index in [1.54, 1.807) is 12.1 Å². The molecule has 5 rings (SSSR count). The van der Waals surface area contributed by atoms with Gasteiger partial charge in [0.05, 0.1) is 5.56 Å². The Morgan fingerprint density at radius 1 is 1.05 bits per heavy atom. The Morgan fingerprint density at radius 2 is 1.59 bits per heavy atom. The summed E-state index contributed by atoms with van der Waals surface area (Å²) < 4.78 is 0. The van der Waals surface area contributed by atoms with Crippen LogP contribution in [-0.2, 0) is 0 Å². The molecule has 0 amide bonds. The molecule has 2 heteroatoms. The summed E-state index contributed by atoms with van der Waals surface area (Å²) in [6, 6.07) is 7.22. The van der Waals surface area contributed by atoms with Crippen LogP contribution in [-0.4, -0.2) is 11.1 Å². The third kappa shape index (κ3) is 2.20. The first kappa shape index (κ1) is 14.0. The average Bonchev–Trinajstić information content (AvgIpc) is 2.50. The monoisotopic (exact) mass is 296 g/mol. The summed E-state index contributed by atoms with van der Waals surface area (Å²) in [6.07, 6.45) is 11.8. The smallest absolute Gasteiger partial charge is 0.335 e. The van der Waals surface area contributed by atoms with Gasteiger partial charge in [0.15, 0.2) is 0 Å². The molecule has 1 aromatic rings. The first-order valence-electron chi connectivity index (χ1n) is 8.57. The summed E-state index contributed by atoms with van der Waals surface area (Å²) in [6.45, 7) is 2.46. The highest BCUT2D eigenvalue weighted by Crippen LogP contribution is 2.62. The van der Waals surface area contributed by atoms with Crippen LogP contribution >= 0.6 is 0 Å². The predicted octanol–water partition coefficient (Wildman–Crippen LogP) is 4.86. The lowest BCUT2D eigenvalue weighted by Gasteiger charge is -2.59. The van der Waals surface area contributed by atoms with Crippen LogP contribution in [0.3, 0.4) is 0 Å². The number of rotatable bonds is 3. The second kappa shape index (κ2) is 4.97. The highest BCUT2D eigenvalue weighted by atomic mass is 16.4. The van der Waals surface area contributed by atoms with Crippen molar-refractivity contribution in [3.63, 3.8) is 0 Å². The Hall–Kier alpha value is -1.57. The Morgan fingerprint density at radius 3 is 2.09 bits per heavy atom. The summed E-state index contributed by atoms with van der Waals surface area (Å²) in [5.41, 5.74) is 1.82. The molecule has 0 atom stereocenters. The number of allylic oxidation sites excluding steroid dienone is 1. The highest BCUT2D eigenvalue weighted by molar-refractivity contribution is 5.87. The molecule has 0 unspecified atom stereocenters. The number of carbonyl (C=O) groups is 1. The quantitative estimate of drug-likeness (QED) is 0.864. The second-order valence-electron chi connectivity index (χ2n) is 7.93. The van der Waals surface area contributed by atoms with Crippen molar-refractivity contribution in [2.75, 3.05) is 0 Å². The van der Waals surface area contributed by atoms with Gasteiger partial charge >= 0.3 is 5.97 Å². The lowest BCUT2D eigenvalue weighted by molar-refractivity contribution is -0.0704. The SMILES string of the molecule is CC1(C=Cc2ccc(C(=O)O)cc2)C2CC3CC(C2)CC1C3. The van der Waals surface area contributed by atoms with E-state index in [1.807, 2.05) is 12.1 Å². The maximum absolute atomic E-state index is 10.9. The molecule has 4 aliphatic rings. The lowest BCUT2D eigenvalue weighted by Crippen LogP contribution is -2.50. The topological polar surface area (TPSA) is 37.3 Å². The van der Waals surface area contributed by atoms with E-state index < -0.39 is 5.97 Å². The molecular weight excluding hydrogens is 272 g/mol. The fraction of sp³-hybridized carbons (Fsp3) is 0.550. The standard InChI is InChI=1S/C20H24O2/c1-20(7-6-13-2-4-16(5-3-13)19(21)22)17-9-14-8-15(11-17)12-18(20)10-14/h2-7,14-15,17-18H,8-12H2,1H3,(H,21,22). The zero-order chi connectivity index (χ0) is 15.3. The fourth-order valence-corrected chi connectivity index (χ4v) is 5.48. The van der Waals surface area contributed by atoms with Crippen molar-refractivity contribution in [2.24, 2.45) is 29.1 Å². The number of benzene rings is 1. The maximum Gasteiger partial charge on any atom is 0.335 e. The zero-order valence-corrected chi connectivity index (χ0v) is 13.2. The molecule has 4 aliphatic carbocycles. The fourth-order valence-electron chi connectivity index (χ4n) is 5.48. The maximum atomic E-state index is 10.9. The number of hydrogen-bond donors (Lipinski definition) is 1. The van der Waals surface area contributed by atoms with Crippen LogP contribution < -0.4 is 0 Å². The van der Waals surface area contributed by atoms with Gasteiger partial charge < -0.3 is 5.11 Å². The molecule has 0 aromatic heterocycles. The Kier molecular flexibility index (Phi) is 3.18. The molecule has 4 saturated carbocycles. The Bertz CT molecular complexity index is 583. The molecule has 22 heavy (non-hydrogen) atoms. The van der Waals surface area contributed by atoms with E-state index in [-0.39, 0.29) is 0 Å². The normalized spacial score (nSPS) is 39.5. The summed E-state index contributed by atoms with van der Waals surface area (Å²) in [5, 5.41) is 8.97. The molecule has 0 spiro atoms. The van der Waals surface area contributed by atoms with E-state index in [4.69, 9.17) is 5.11 Å². The van der Waals surface area contributed by atoms with Crippen LogP contribution in [0.1, 0.15) is 54.9 Å². The first-order valence-corrected chi connectivity index (χ1v) is 8.57. The predicted molar refractivity (Wildman–Crippen MR) is 87.6 cm³/mol. The van der Waals surface area contributed by atoms with E-state index in [0.29, 0.717) is 11.0 Å². The van der Waals surface area contributed by atoms with Crippen molar-refractivity contribution in [1.29, 1.82) is 0 Å². The van der Waals surface area contributed by atoms with Crippen molar-refractivity contribution in [1.82, 2.24) is 0 Å². The van der Waals surface area contributed by atoms with Gasteiger partial charge in [0.25, 0.3) is 0 Å². The molecule has 0 saturated heterocycles. The molecular formula is C20H24O2. The van der Waals surface area contributed by atoms with Crippen molar-refractivity contribution < 1.29 is 9.90 Å². The van der Waals surface area contributed by atoms with E-state index in [0.717, 1.165) is 29.2 Å². The lowest BCUT2D eigenvalue weighted by atomic mass is 9.46. The minimum Gasteiger partial charge on any atom is -0.478 e. The second-order valence-corrected chi connectivity index (χ2v) is 7.93. The van der Waals surface area contributed by atoms with E-state index in [1.165, 1.54) is 32.1 Å².